The SMILES string of the molecule is Cc1ccc(CNC2CCCNCC2)s1. The Morgan fingerprint density at radius 1 is 1.40 bits per heavy atom. The van der Waals surface area contributed by atoms with Gasteiger partial charge in [-0.2, -0.15) is 0 Å². The molecule has 1 fully saturated rings. The van der Waals surface area contributed by atoms with Crippen molar-refractivity contribution in [2.24, 2.45) is 0 Å². The summed E-state index contributed by atoms with van der Waals surface area (Å²) in [5.41, 5.74) is 0. The predicted octanol–water partition coefficient (Wildman–Crippen LogP) is 2.29. The Kier molecular flexibility index (Phi) is 4.18. The molecule has 0 radical (unpaired) electrons. The molecule has 2 nitrogen and oxygen atoms in total. The van der Waals surface area contributed by atoms with E-state index in [9.17, 15) is 0 Å². The summed E-state index contributed by atoms with van der Waals surface area (Å²) in [6.45, 7) is 5.57. The van der Waals surface area contributed by atoms with Gasteiger partial charge in [0, 0.05) is 22.3 Å². The minimum atomic E-state index is 0.711. The fraction of sp³-hybridized carbons (Fsp3) is 0.667. The average molecular weight is 224 g/mol. The first-order valence-corrected chi connectivity index (χ1v) is 6.65. The fourth-order valence-electron chi connectivity index (χ4n) is 2.05. The molecular weight excluding hydrogens is 204 g/mol. The smallest absolute Gasteiger partial charge is 0.0302 e. The first-order valence-electron chi connectivity index (χ1n) is 5.84. The quantitative estimate of drug-likeness (QED) is 0.823. The molecule has 1 atom stereocenters. The normalized spacial score (nSPS) is 22.6. The summed E-state index contributed by atoms with van der Waals surface area (Å²) in [7, 11) is 0. The first-order chi connectivity index (χ1) is 7.34. The highest BCUT2D eigenvalue weighted by atomic mass is 32.1. The van der Waals surface area contributed by atoms with Gasteiger partial charge in [-0.25, -0.2) is 0 Å². The molecule has 2 N–H and O–H groups in total. The Bertz CT molecular complexity index is 288. The van der Waals surface area contributed by atoms with Crippen molar-refractivity contribution in [2.75, 3.05) is 13.1 Å². The largest absolute Gasteiger partial charge is 0.317 e. The number of aryl methyl sites for hydroxylation is 1. The second kappa shape index (κ2) is 5.64. The molecule has 1 unspecified atom stereocenters. The maximum atomic E-state index is 3.66. The second-order valence-electron chi connectivity index (χ2n) is 4.27. The lowest BCUT2D eigenvalue weighted by Gasteiger charge is -2.14. The third-order valence-corrected chi connectivity index (χ3v) is 3.94. The molecule has 3 heteroatoms. The van der Waals surface area contributed by atoms with E-state index in [1.807, 2.05) is 11.3 Å². The van der Waals surface area contributed by atoms with Crippen LogP contribution >= 0.6 is 11.3 Å². The molecule has 0 aromatic carbocycles. The molecule has 0 amide bonds. The average Bonchev–Trinajstić information content (AvgIpc) is 2.52. The van der Waals surface area contributed by atoms with Crippen molar-refractivity contribution in [3.63, 3.8) is 0 Å². The van der Waals surface area contributed by atoms with Crippen molar-refractivity contribution in [1.29, 1.82) is 0 Å². The van der Waals surface area contributed by atoms with E-state index in [2.05, 4.69) is 29.7 Å². The van der Waals surface area contributed by atoms with Gasteiger partial charge in [-0.15, -0.1) is 11.3 Å². The van der Waals surface area contributed by atoms with E-state index in [1.165, 1.54) is 42.1 Å². The highest BCUT2D eigenvalue weighted by molar-refractivity contribution is 7.11. The Morgan fingerprint density at radius 3 is 3.13 bits per heavy atom. The molecule has 1 aliphatic heterocycles. The molecule has 2 heterocycles. The van der Waals surface area contributed by atoms with Gasteiger partial charge in [-0.3, -0.25) is 0 Å². The van der Waals surface area contributed by atoms with Crippen LogP contribution in [0.3, 0.4) is 0 Å². The second-order valence-corrected chi connectivity index (χ2v) is 5.64. The van der Waals surface area contributed by atoms with Gasteiger partial charge in [0.05, 0.1) is 0 Å². The summed E-state index contributed by atoms with van der Waals surface area (Å²) in [5, 5.41) is 7.10. The summed E-state index contributed by atoms with van der Waals surface area (Å²) in [6.07, 6.45) is 3.89. The topological polar surface area (TPSA) is 24.1 Å². The highest BCUT2D eigenvalue weighted by Gasteiger charge is 2.10. The Morgan fingerprint density at radius 2 is 2.33 bits per heavy atom. The van der Waals surface area contributed by atoms with E-state index in [4.69, 9.17) is 0 Å². The van der Waals surface area contributed by atoms with E-state index in [1.54, 1.807) is 0 Å². The fourth-order valence-corrected chi connectivity index (χ4v) is 2.89. The van der Waals surface area contributed by atoms with Crippen LogP contribution in [0.4, 0.5) is 0 Å². The number of hydrogen-bond acceptors (Lipinski definition) is 3. The number of thiophene rings is 1. The lowest BCUT2D eigenvalue weighted by atomic mass is 10.1. The maximum absolute atomic E-state index is 3.66. The maximum Gasteiger partial charge on any atom is 0.0302 e. The van der Waals surface area contributed by atoms with Gasteiger partial charge < -0.3 is 10.6 Å². The van der Waals surface area contributed by atoms with Crippen molar-refractivity contribution in [1.82, 2.24) is 10.6 Å². The molecule has 1 saturated heterocycles. The zero-order valence-electron chi connectivity index (χ0n) is 9.38. The van der Waals surface area contributed by atoms with Gasteiger partial charge in [0.2, 0.25) is 0 Å². The van der Waals surface area contributed by atoms with Crippen molar-refractivity contribution >= 4 is 11.3 Å². The minimum Gasteiger partial charge on any atom is -0.317 e. The molecule has 84 valence electrons. The van der Waals surface area contributed by atoms with Gasteiger partial charge in [0.15, 0.2) is 0 Å². The van der Waals surface area contributed by atoms with Crippen LogP contribution in [-0.2, 0) is 6.54 Å². The summed E-state index contributed by atoms with van der Waals surface area (Å²) < 4.78 is 0. The van der Waals surface area contributed by atoms with Crippen molar-refractivity contribution in [3.8, 4) is 0 Å². The first kappa shape index (κ1) is 11.1. The van der Waals surface area contributed by atoms with Gasteiger partial charge >= 0.3 is 0 Å². The molecule has 15 heavy (non-hydrogen) atoms. The summed E-state index contributed by atoms with van der Waals surface area (Å²) in [4.78, 5) is 2.87. The molecule has 0 bridgehead atoms. The Labute approximate surface area is 96.1 Å². The number of nitrogens with one attached hydrogen (secondary N) is 2. The molecule has 0 spiro atoms. The molecule has 2 rings (SSSR count). The van der Waals surface area contributed by atoms with E-state index < -0.39 is 0 Å². The van der Waals surface area contributed by atoms with Crippen LogP contribution in [0.1, 0.15) is 29.0 Å². The molecule has 1 aromatic heterocycles. The van der Waals surface area contributed by atoms with Crippen LogP contribution in [-0.4, -0.2) is 19.1 Å². The third kappa shape index (κ3) is 3.59. The Hall–Kier alpha value is -0.380. The van der Waals surface area contributed by atoms with Crippen molar-refractivity contribution in [3.05, 3.63) is 21.9 Å². The zero-order valence-corrected chi connectivity index (χ0v) is 10.2. The van der Waals surface area contributed by atoms with Gasteiger partial charge in [0.1, 0.15) is 0 Å². The minimum absolute atomic E-state index is 0.711. The predicted molar refractivity (Wildman–Crippen MR) is 66.4 cm³/mol. The standard InChI is InChI=1S/C12H20N2S/c1-10-4-5-12(15-10)9-14-11-3-2-7-13-8-6-11/h4-5,11,13-14H,2-3,6-9H2,1H3. The van der Waals surface area contributed by atoms with Crippen LogP contribution in [0.2, 0.25) is 0 Å². The lowest BCUT2D eigenvalue weighted by molar-refractivity contribution is 0.470. The lowest BCUT2D eigenvalue weighted by Crippen LogP contribution is -2.29. The van der Waals surface area contributed by atoms with E-state index in [0.717, 1.165) is 6.54 Å². The molecule has 0 saturated carbocycles. The van der Waals surface area contributed by atoms with Gasteiger partial charge in [-0.1, -0.05) is 0 Å². The third-order valence-electron chi connectivity index (χ3n) is 2.94. The molecule has 0 aliphatic carbocycles. The van der Waals surface area contributed by atoms with E-state index in [0.29, 0.717) is 6.04 Å². The van der Waals surface area contributed by atoms with Crippen LogP contribution < -0.4 is 10.6 Å². The monoisotopic (exact) mass is 224 g/mol. The highest BCUT2D eigenvalue weighted by Crippen LogP contribution is 2.15. The number of rotatable bonds is 3. The molecule has 1 aliphatic rings. The van der Waals surface area contributed by atoms with E-state index >= 15 is 0 Å². The van der Waals surface area contributed by atoms with Gasteiger partial charge in [-0.05, 0) is 51.4 Å². The van der Waals surface area contributed by atoms with Crippen molar-refractivity contribution in [2.45, 2.75) is 38.8 Å². The van der Waals surface area contributed by atoms with Gasteiger partial charge in [0.25, 0.3) is 0 Å². The number of hydrogen-bond donors (Lipinski definition) is 2. The van der Waals surface area contributed by atoms with E-state index in [-0.39, 0.29) is 0 Å². The Balaban J connectivity index is 1.76. The summed E-state index contributed by atoms with van der Waals surface area (Å²) in [5.74, 6) is 0. The van der Waals surface area contributed by atoms with Crippen LogP contribution in [0, 0.1) is 6.92 Å². The van der Waals surface area contributed by atoms with Crippen molar-refractivity contribution < 1.29 is 0 Å². The molecular formula is C12H20N2S. The van der Waals surface area contributed by atoms with Crippen LogP contribution in [0.15, 0.2) is 12.1 Å². The zero-order chi connectivity index (χ0) is 10.5. The van der Waals surface area contributed by atoms with Crippen LogP contribution in [0.5, 0.6) is 0 Å². The molecule has 1 aromatic rings. The van der Waals surface area contributed by atoms with Crippen LogP contribution in [0.25, 0.3) is 0 Å². The summed E-state index contributed by atoms with van der Waals surface area (Å²) in [6, 6.07) is 5.15. The summed E-state index contributed by atoms with van der Waals surface area (Å²) >= 11 is 1.90.